The number of hydrogen-bond acceptors (Lipinski definition) is 4. The Morgan fingerprint density at radius 2 is 2.38 bits per heavy atom. The van der Waals surface area contributed by atoms with E-state index in [1.165, 1.54) is 11.8 Å². The predicted molar refractivity (Wildman–Crippen MR) is 63.5 cm³/mol. The molecule has 88 valence electrons. The lowest BCUT2D eigenvalue weighted by molar-refractivity contribution is -0.119. The van der Waals surface area contributed by atoms with Gasteiger partial charge in [0.25, 0.3) is 0 Å². The zero-order valence-corrected chi connectivity index (χ0v) is 10.3. The van der Waals surface area contributed by atoms with E-state index < -0.39 is 0 Å². The highest BCUT2D eigenvalue weighted by atomic mass is 32.2. The SMILES string of the molecule is CCCc1nc(S[C@H]2CCCCC2=O)n[nH]1. The van der Waals surface area contributed by atoms with E-state index in [1.807, 2.05) is 0 Å². The van der Waals surface area contributed by atoms with E-state index in [0.29, 0.717) is 5.78 Å². The molecule has 0 saturated heterocycles. The first kappa shape index (κ1) is 11.6. The summed E-state index contributed by atoms with van der Waals surface area (Å²) in [6, 6.07) is 0. The van der Waals surface area contributed by atoms with Crippen molar-refractivity contribution in [1.29, 1.82) is 0 Å². The highest BCUT2D eigenvalue weighted by Crippen LogP contribution is 2.29. The van der Waals surface area contributed by atoms with Gasteiger partial charge in [-0.15, -0.1) is 5.10 Å². The summed E-state index contributed by atoms with van der Waals surface area (Å²) in [5, 5.41) is 7.86. The molecule has 1 N–H and O–H groups in total. The van der Waals surface area contributed by atoms with E-state index in [4.69, 9.17) is 0 Å². The van der Waals surface area contributed by atoms with Crippen LogP contribution in [0.3, 0.4) is 0 Å². The third kappa shape index (κ3) is 2.84. The third-order valence-electron chi connectivity index (χ3n) is 2.74. The topological polar surface area (TPSA) is 58.6 Å². The van der Waals surface area contributed by atoms with Crippen LogP contribution in [0.25, 0.3) is 0 Å². The Morgan fingerprint density at radius 3 is 3.12 bits per heavy atom. The summed E-state index contributed by atoms with van der Waals surface area (Å²) in [7, 11) is 0. The molecule has 1 aliphatic rings. The lowest BCUT2D eigenvalue weighted by atomic mass is 9.99. The molecule has 0 unspecified atom stereocenters. The van der Waals surface area contributed by atoms with Crippen LogP contribution in [0.1, 0.15) is 44.9 Å². The van der Waals surface area contributed by atoms with Gasteiger partial charge in [-0.05, 0) is 19.3 Å². The summed E-state index contributed by atoms with van der Waals surface area (Å²) in [6.45, 7) is 2.11. The monoisotopic (exact) mass is 239 g/mol. The maximum absolute atomic E-state index is 11.6. The number of thioether (sulfide) groups is 1. The minimum atomic E-state index is 0.0824. The summed E-state index contributed by atoms with van der Waals surface area (Å²) in [6.07, 6.45) is 5.87. The molecule has 16 heavy (non-hydrogen) atoms. The van der Waals surface area contributed by atoms with Gasteiger partial charge in [-0.2, -0.15) is 0 Å². The molecule has 1 fully saturated rings. The number of aromatic amines is 1. The lowest BCUT2D eigenvalue weighted by Crippen LogP contribution is -2.21. The van der Waals surface area contributed by atoms with E-state index in [-0.39, 0.29) is 5.25 Å². The van der Waals surface area contributed by atoms with Crippen LogP contribution < -0.4 is 0 Å². The van der Waals surface area contributed by atoms with E-state index in [2.05, 4.69) is 22.1 Å². The van der Waals surface area contributed by atoms with Crippen molar-refractivity contribution in [2.45, 2.75) is 55.9 Å². The number of Topliss-reactive ketones (excluding diaryl/α,β-unsaturated/α-hetero) is 1. The molecule has 4 nitrogen and oxygen atoms in total. The number of rotatable bonds is 4. The van der Waals surface area contributed by atoms with Gasteiger partial charge in [0.1, 0.15) is 11.6 Å². The van der Waals surface area contributed by atoms with Crippen molar-refractivity contribution in [1.82, 2.24) is 15.2 Å². The smallest absolute Gasteiger partial charge is 0.209 e. The van der Waals surface area contributed by atoms with Crippen LogP contribution in [0.4, 0.5) is 0 Å². The van der Waals surface area contributed by atoms with Gasteiger partial charge in [0.15, 0.2) is 0 Å². The largest absolute Gasteiger partial charge is 0.298 e. The van der Waals surface area contributed by atoms with E-state index >= 15 is 0 Å². The summed E-state index contributed by atoms with van der Waals surface area (Å²) < 4.78 is 0. The first-order valence-electron chi connectivity index (χ1n) is 5.90. The fraction of sp³-hybridized carbons (Fsp3) is 0.727. The number of aryl methyl sites for hydroxylation is 1. The molecule has 1 aromatic rings. The first-order valence-corrected chi connectivity index (χ1v) is 6.78. The van der Waals surface area contributed by atoms with Crippen molar-refractivity contribution < 1.29 is 4.79 Å². The Morgan fingerprint density at radius 1 is 1.50 bits per heavy atom. The average Bonchev–Trinajstić information content (AvgIpc) is 2.70. The van der Waals surface area contributed by atoms with Gasteiger partial charge >= 0.3 is 0 Å². The number of aromatic nitrogens is 3. The van der Waals surface area contributed by atoms with Gasteiger partial charge in [0.2, 0.25) is 5.16 Å². The zero-order valence-electron chi connectivity index (χ0n) is 9.53. The second-order valence-corrected chi connectivity index (χ2v) is 5.30. The molecular formula is C11H17N3OS. The van der Waals surface area contributed by atoms with Gasteiger partial charge in [0, 0.05) is 12.8 Å². The number of nitrogens with zero attached hydrogens (tertiary/aromatic N) is 2. The molecule has 0 bridgehead atoms. The molecule has 1 aliphatic carbocycles. The minimum absolute atomic E-state index is 0.0824. The van der Waals surface area contributed by atoms with Crippen LogP contribution in [-0.2, 0) is 11.2 Å². The third-order valence-corrected chi connectivity index (χ3v) is 3.92. The minimum Gasteiger partial charge on any atom is -0.298 e. The number of H-pyrrole nitrogens is 1. The van der Waals surface area contributed by atoms with Gasteiger partial charge in [0.05, 0.1) is 5.25 Å². The van der Waals surface area contributed by atoms with Gasteiger partial charge in [-0.1, -0.05) is 25.1 Å². The Bertz CT molecular complexity index is 364. The summed E-state index contributed by atoms with van der Waals surface area (Å²) in [5.74, 6) is 1.28. The summed E-state index contributed by atoms with van der Waals surface area (Å²) >= 11 is 1.52. The van der Waals surface area contributed by atoms with Crippen LogP contribution in [0.2, 0.25) is 0 Å². The van der Waals surface area contributed by atoms with Crippen LogP contribution in [0.15, 0.2) is 5.16 Å². The second-order valence-electron chi connectivity index (χ2n) is 4.13. The average molecular weight is 239 g/mol. The maximum atomic E-state index is 11.6. The van der Waals surface area contributed by atoms with Gasteiger partial charge < -0.3 is 0 Å². The maximum Gasteiger partial charge on any atom is 0.209 e. The van der Waals surface area contributed by atoms with Crippen molar-refractivity contribution in [2.75, 3.05) is 0 Å². The molecule has 1 atom stereocenters. The Labute approximate surface area is 99.6 Å². The van der Waals surface area contributed by atoms with Crippen molar-refractivity contribution in [3.63, 3.8) is 0 Å². The van der Waals surface area contributed by atoms with Crippen molar-refractivity contribution in [3.05, 3.63) is 5.82 Å². The van der Waals surface area contributed by atoms with E-state index in [9.17, 15) is 4.79 Å². The number of carbonyl (C=O) groups is 1. The number of ketones is 1. The second kappa shape index (κ2) is 5.48. The standard InChI is InChI=1S/C11H17N3OS/c1-2-5-10-12-11(14-13-10)16-9-7-4-3-6-8(9)15/h9H,2-7H2,1H3,(H,12,13,14)/t9-/m0/s1. The number of hydrogen-bond donors (Lipinski definition) is 1. The lowest BCUT2D eigenvalue weighted by Gasteiger charge is -2.17. The molecule has 5 heteroatoms. The van der Waals surface area contributed by atoms with Gasteiger partial charge in [-0.3, -0.25) is 9.89 Å². The molecule has 1 heterocycles. The molecule has 1 aromatic heterocycles. The van der Waals surface area contributed by atoms with Crippen molar-refractivity contribution in [2.24, 2.45) is 0 Å². The molecule has 0 aromatic carbocycles. The van der Waals surface area contributed by atoms with Crippen molar-refractivity contribution >= 4 is 17.5 Å². The Hall–Kier alpha value is -0.840. The van der Waals surface area contributed by atoms with Crippen LogP contribution in [-0.4, -0.2) is 26.2 Å². The molecule has 0 amide bonds. The highest BCUT2D eigenvalue weighted by Gasteiger charge is 2.24. The van der Waals surface area contributed by atoms with Crippen LogP contribution in [0.5, 0.6) is 0 Å². The number of carbonyl (C=O) groups excluding carboxylic acids is 1. The molecular weight excluding hydrogens is 222 g/mol. The number of nitrogens with one attached hydrogen (secondary N) is 1. The van der Waals surface area contributed by atoms with Crippen LogP contribution in [0, 0.1) is 0 Å². The molecule has 2 rings (SSSR count). The quantitative estimate of drug-likeness (QED) is 0.876. The highest BCUT2D eigenvalue weighted by molar-refractivity contribution is 8.00. The molecule has 1 saturated carbocycles. The van der Waals surface area contributed by atoms with Crippen LogP contribution >= 0.6 is 11.8 Å². The fourth-order valence-corrected chi connectivity index (χ4v) is 2.93. The van der Waals surface area contributed by atoms with Crippen molar-refractivity contribution in [3.8, 4) is 0 Å². The first-order chi connectivity index (χ1) is 7.79. The summed E-state index contributed by atoms with van der Waals surface area (Å²) in [5.41, 5.74) is 0. The molecule has 0 radical (unpaired) electrons. The Kier molecular flexibility index (Phi) is 3.98. The predicted octanol–water partition coefficient (Wildman–Crippen LogP) is 2.36. The zero-order chi connectivity index (χ0) is 11.4. The van der Waals surface area contributed by atoms with Gasteiger partial charge in [-0.25, -0.2) is 4.98 Å². The van der Waals surface area contributed by atoms with E-state index in [0.717, 1.165) is 49.5 Å². The normalized spacial score (nSPS) is 21.3. The Balaban J connectivity index is 1.94. The summed E-state index contributed by atoms with van der Waals surface area (Å²) in [4.78, 5) is 16.0. The molecule has 0 spiro atoms. The fourth-order valence-electron chi connectivity index (χ4n) is 1.88. The van der Waals surface area contributed by atoms with E-state index in [1.54, 1.807) is 0 Å². The molecule has 0 aliphatic heterocycles.